The van der Waals surface area contributed by atoms with Gasteiger partial charge < -0.3 is 0 Å². The van der Waals surface area contributed by atoms with Crippen LogP contribution < -0.4 is 0 Å². The summed E-state index contributed by atoms with van der Waals surface area (Å²) in [4.78, 5) is 11.5. The van der Waals surface area contributed by atoms with Crippen LogP contribution in [0.3, 0.4) is 0 Å². The second-order valence-electron chi connectivity index (χ2n) is 8.29. The molecule has 0 heterocycles. The number of unbranched alkanes of at least 4 members (excludes halogenated alkanes) is 3. The summed E-state index contributed by atoms with van der Waals surface area (Å²) in [6.07, 6.45) is 17.4. The molecule has 28 heavy (non-hydrogen) atoms. The van der Waals surface area contributed by atoms with E-state index in [0.29, 0.717) is 13.0 Å². The third kappa shape index (κ3) is 13.6. The van der Waals surface area contributed by atoms with Gasteiger partial charge in [0.2, 0.25) is 0 Å². The van der Waals surface area contributed by atoms with E-state index in [-0.39, 0.29) is 11.9 Å². The van der Waals surface area contributed by atoms with Gasteiger partial charge in [-0.2, -0.15) is 0 Å². The van der Waals surface area contributed by atoms with Crippen LogP contribution in [-0.2, 0) is 9.53 Å². The van der Waals surface area contributed by atoms with Crippen LogP contribution >= 0.6 is 0 Å². The molecule has 0 N–H and O–H groups in total. The zero-order valence-electron chi connectivity index (χ0n) is 19.6. The molecule has 0 aromatic rings. The molecule has 0 saturated carbocycles. The molecule has 1 unspecified atom stereocenters. The predicted octanol–water partition coefficient (Wildman–Crippen LogP) is 8.02. The fourth-order valence-corrected chi connectivity index (χ4v) is 17.9. The zero-order valence-corrected chi connectivity index (χ0v) is 22.4. The molecule has 0 radical (unpaired) electrons. The van der Waals surface area contributed by atoms with Gasteiger partial charge in [-0.15, -0.1) is 0 Å². The number of allylic oxidation sites excluding steroid dienone is 5. The van der Waals surface area contributed by atoms with Crippen molar-refractivity contribution >= 4 is 24.3 Å². The van der Waals surface area contributed by atoms with Crippen LogP contribution in [0, 0.1) is 5.92 Å². The SMILES string of the molecule is CCC[CH2][Sn](/[CH]=C/C(C)=C/C=C/C(C)CC(=O)OCC)([CH2]CCC)[CH2]CCC. The maximum atomic E-state index is 11.5. The van der Waals surface area contributed by atoms with Gasteiger partial charge in [0.25, 0.3) is 0 Å². The zero-order chi connectivity index (χ0) is 21.3. The fraction of sp³-hybridized carbons (Fsp3) is 0.720. The van der Waals surface area contributed by atoms with Crippen molar-refractivity contribution in [3.8, 4) is 0 Å². The van der Waals surface area contributed by atoms with Gasteiger partial charge in [-0.1, -0.05) is 0 Å². The van der Waals surface area contributed by atoms with E-state index in [1.165, 1.54) is 57.4 Å². The van der Waals surface area contributed by atoms with Crippen molar-refractivity contribution in [2.24, 2.45) is 5.92 Å². The third-order valence-corrected chi connectivity index (χ3v) is 19.4. The molecular weight excluding hydrogens is 451 g/mol. The Bertz CT molecular complexity index is 469. The Hall–Kier alpha value is -0.511. The number of esters is 1. The molecule has 0 saturated heterocycles. The first-order valence-electron chi connectivity index (χ1n) is 11.6. The van der Waals surface area contributed by atoms with E-state index < -0.39 is 18.4 Å². The summed E-state index contributed by atoms with van der Waals surface area (Å²) in [7, 11) is 0. The van der Waals surface area contributed by atoms with Crippen LogP contribution in [-0.4, -0.2) is 31.0 Å². The Morgan fingerprint density at radius 3 is 1.96 bits per heavy atom. The minimum absolute atomic E-state index is 0.109. The molecule has 0 fully saturated rings. The predicted molar refractivity (Wildman–Crippen MR) is 127 cm³/mol. The number of hydrogen-bond acceptors (Lipinski definition) is 2. The second-order valence-corrected chi connectivity index (χ2v) is 21.3. The molecule has 1 atom stereocenters. The van der Waals surface area contributed by atoms with E-state index in [2.05, 4.69) is 63.0 Å². The van der Waals surface area contributed by atoms with Gasteiger partial charge in [0.05, 0.1) is 0 Å². The summed E-state index contributed by atoms with van der Waals surface area (Å²) >= 11 is -2.18. The van der Waals surface area contributed by atoms with Crippen LogP contribution in [0.4, 0.5) is 0 Å². The average molecular weight is 497 g/mol. The molecule has 0 aromatic heterocycles. The molecule has 2 nitrogen and oxygen atoms in total. The van der Waals surface area contributed by atoms with Gasteiger partial charge in [-0.25, -0.2) is 0 Å². The number of carbonyl (C=O) groups excluding carboxylic acids is 1. The topological polar surface area (TPSA) is 26.3 Å². The first-order valence-corrected chi connectivity index (χ1v) is 19.3. The van der Waals surface area contributed by atoms with Crippen LogP contribution in [0.25, 0.3) is 0 Å². The molecule has 0 bridgehead atoms. The Balaban J connectivity index is 5.03. The monoisotopic (exact) mass is 498 g/mol. The fourth-order valence-electron chi connectivity index (χ4n) is 3.52. The molecule has 0 aliphatic rings. The van der Waals surface area contributed by atoms with Gasteiger partial charge in [0.1, 0.15) is 0 Å². The molecule has 0 aromatic carbocycles. The van der Waals surface area contributed by atoms with Crippen LogP contribution in [0.2, 0.25) is 13.3 Å². The van der Waals surface area contributed by atoms with E-state index in [4.69, 9.17) is 4.74 Å². The molecule has 0 amide bonds. The molecule has 0 spiro atoms. The van der Waals surface area contributed by atoms with Crippen molar-refractivity contribution in [2.45, 2.75) is 99.8 Å². The van der Waals surface area contributed by atoms with E-state index in [1.807, 2.05) is 6.92 Å². The Morgan fingerprint density at radius 1 is 0.964 bits per heavy atom. The summed E-state index contributed by atoms with van der Waals surface area (Å²) < 4.78 is 12.3. The maximum absolute atomic E-state index is 11.5. The van der Waals surface area contributed by atoms with Crippen LogP contribution in [0.1, 0.15) is 86.5 Å². The first kappa shape index (κ1) is 27.5. The first-order chi connectivity index (χ1) is 13.4. The van der Waals surface area contributed by atoms with Crippen LogP contribution in [0.5, 0.6) is 0 Å². The van der Waals surface area contributed by atoms with E-state index in [9.17, 15) is 4.79 Å². The third-order valence-electron chi connectivity index (χ3n) is 5.38. The Labute approximate surface area is 179 Å². The van der Waals surface area contributed by atoms with Crippen molar-refractivity contribution in [3.05, 3.63) is 34.0 Å². The molecular formula is C25H46O2Sn. The summed E-state index contributed by atoms with van der Waals surface area (Å²) in [5, 5.41) is 0. The van der Waals surface area contributed by atoms with E-state index in [0.717, 1.165) is 0 Å². The summed E-state index contributed by atoms with van der Waals surface area (Å²) in [5.41, 5.74) is 1.32. The normalized spacial score (nSPS) is 14.1. The van der Waals surface area contributed by atoms with Gasteiger partial charge in [0, 0.05) is 0 Å². The molecule has 3 heteroatoms. The molecule has 162 valence electrons. The minimum atomic E-state index is -2.18. The second kappa shape index (κ2) is 17.4. The van der Waals surface area contributed by atoms with E-state index >= 15 is 0 Å². The van der Waals surface area contributed by atoms with Crippen molar-refractivity contribution in [3.63, 3.8) is 0 Å². The van der Waals surface area contributed by atoms with Crippen molar-refractivity contribution in [1.82, 2.24) is 0 Å². The quantitative estimate of drug-likeness (QED) is 0.123. The standard InChI is InChI=1S/C13H19O2.3C4H9.Sn/c1-5-11(3)8-7-9-12(4)10-13(14)15-6-2;3*1-3-4-2;/h1,5,7-9,12H,6,10H2,2-4H3;3*1,3-4H2,2H3;/b5-1?,9-7+,11-8+;;;;. The van der Waals surface area contributed by atoms with Gasteiger partial charge in [0.15, 0.2) is 0 Å². The number of hydrogen-bond donors (Lipinski definition) is 0. The summed E-state index contributed by atoms with van der Waals surface area (Å²) in [5.74, 6) is 0.103. The number of carbonyl (C=O) groups is 1. The van der Waals surface area contributed by atoms with Gasteiger partial charge >= 0.3 is 180 Å². The van der Waals surface area contributed by atoms with E-state index in [1.54, 1.807) is 0 Å². The summed E-state index contributed by atoms with van der Waals surface area (Å²) in [6.45, 7) is 13.6. The number of rotatable bonds is 16. The average Bonchev–Trinajstić information content (AvgIpc) is 2.67. The summed E-state index contributed by atoms with van der Waals surface area (Å²) in [6, 6.07) is 0. The Morgan fingerprint density at radius 2 is 1.50 bits per heavy atom. The van der Waals surface area contributed by atoms with Crippen molar-refractivity contribution in [1.29, 1.82) is 0 Å². The van der Waals surface area contributed by atoms with Crippen molar-refractivity contribution in [2.75, 3.05) is 6.61 Å². The molecule has 0 aliphatic heterocycles. The molecule has 0 rings (SSSR count). The van der Waals surface area contributed by atoms with Gasteiger partial charge in [-0.3, -0.25) is 0 Å². The van der Waals surface area contributed by atoms with Crippen LogP contribution in [0.15, 0.2) is 34.0 Å². The van der Waals surface area contributed by atoms with Crippen molar-refractivity contribution < 1.29 is 9.53 Å². The Kier molecular flexibility index (Phi) is 17.0. The number of ether oxygens (including phenoxy) is 1. The van der Waals surface area contributed by atoms with Gasteiger partial charge in [-0.05, 0) is 0 Å². The molecule has 0 aliphatic carbocycles.